The van der Waals surface area contributed by atoms with Gasteiger partial charge in [-0.2, -0.15) is 0 Å². The van der Waals surface area contributed by atoms with Gasteiger partial charge in [0.2, 0.25) is 0 Å². The van der Waals surface area contributed by atoms with Crippen LogP contribution < -0.4 is 5.32 Å². The Hall–Kier alpha value is -0.0800. The maximum Gasteiger partial charge on any atom is 0.0499 e. The second-order valence-corrected chi connectivity index (χ2v) is 8.41. The Morgan fingerprint density at radius 2 is 1.79 bits per heavy atom. The highest BCUT2D eigenvalue weighted by Crippen LogP contribution is 2.65. The van der Waals surface area contributed by atoms with Crippen LogP contribution in [-0.2, 0) is 0 Å². The molecule has 0 aromatic rings. The number of fused-ring (bicyclic) bond motifs is 2. The van der Waals surface area contributed by atoms with Crippen LogP contribution in [0.4, 0.5) is 0 Å². The summed E-state index contributed by atoms with van der Waals surface area (Å²) in [6.45, 7) is 8.86. The van der Waals surface area contributed by atoms with E-state index in [-0.39, 0.29) is 5.41 Å². The fourth-order valence-corrected chi connectivity index (χ4v) is 5.37. The molecule has 3 rings (SSSR count). The van der Waals surface area contributed by atoms with Gasteiger partial charge >= 0.3 is 0 Å². The highest BCUT2D eigenvalue weighted by Gasteiger charge is 2.61. The molecule has 2 bridgehead atoms. The van der Waals surface area contributed by atoms with E-state index in [1.807, 2.05) is 0 Å². The van der Waals surface area contributed by atoms with E-state index in [0.717, 1.165) is 12.5 Å². The Morgan fingerprint density at radius 1 is 1.11 bits per heavy atom. The Bertz CT molecular complexity index is 345. The molecule has 110 valence electrons. The first-order valence-electron chi connectivity index (χ1n) is 8.28. The molecular formula is C17H31NO. The van der Waals surface area contributed by atoms with E-state index in [9.17, 15) is 5.11 Å². The van der Waals surface area contributed by atoms with Gasteiger partial charge in [0.15, 0.2) is 0 Å². The molecule has 0 amide bonds. The predicted octanol–water partition coefficient (Wildman–Crippen LogP) is 3.34. The summed E-state index contributed by atoms with van der Waals surface area (Å²) in [6.07, 6.45) is 9.20. The van der Waals surface area contributed by atoms with Gasteiger partial charge in [-0.05, 0) is 48.9 Å². The van der Waals surface area contributed by atoms with Crippen LogP contribution >= 0.6 is 0 Å². The van der Waals surface area contributed by atoms with Crippen molar-refractivity contribution in [1.82, 2.24) is 5.32 Å². The third kappa shape index (κ3) is 1.90. The van der Waals surface area contributed by atoms with Crippen molar-refractivity contribution in [3.63, 3.8) is 0 Å². The highest BCUT2D eigenvalue weighted by atomic mass is 16.3. The summed E-state index contributed by atoms with van der Waals surface area (Å²) >= 11 is 0. The lowest BCUT2D eigenvalue weighted by molar-refractivity contribution is 0.0909. The van der Waals surface area contributed by atoms with E-state index < -0.39 is 0 Å². The molecule has 19 heavy (non-hydrogen) atoms. The van der Waals surface area contributed by atoms with Crippen molar-refractivity contribution < 1.29 is 5.11 Å². The van der Waals surface area contributed by atoms with Gasteiger partial charge in [-0.25, -0.2) is 0 Å². The summed E-state index contributed by atoms with van der Waals surface area (Å²) in [4.78, 5) is 0. The van der Waals surface area contributed by atoms with Crippen LogP contribution in [0.25, 0.3) is 0 Å². The van der Waals surface area contributed by atoms with E-state index in [4.69, 9.17) is 0 Å². The minimum Gasteiger partial charge on any atom is -0.396 e. The van der Waals surface area contributed by atoms with Gasteiger partial charge in [-0.3, -0.25) is 0 Å². The van der Waals surface area contributed by atoms with Gasteiger partial charge in [-0.1, -0.05) is 33.6 Å². The molecular weight excluding hydrogens is 234 g/mol. The number of rotatable bonds is 4. The second kappa shape index (κ2) is 4.46. The third-order valence-corrected chi connectivity index (χ3v) is 7.52. The van der Waals surface area contributed by atoms with Crippen molar-refractivity contribution in [2.24, 2.45) is 22.2 Å². The van der Waals surface area contributed by atoms with Crippen molar-refractivity contribution >= 4 is 0 Å². The molecule has 3 aliphatic carbocycles. The summed E-state index contributed by atoms with van der Waals surface area (Å²) in [7, 11) is 0. The molecule has 2 heteroatoms. The maximum atomic E-state index is 9.75. The molecule has 3 unspecified atom stereocenters. The first kappa shape index (κ1) is 13.9. The Morgan fingerprint density at radius 3 is 2.26 bits per heavy atom. The molecule has 3 aliphatic rings. The predicted molar refractivity (Wildman–Crippen MR) is 79.0 cm³/mol. The van der Waals surface area contributed by atoms with Crippen LogP contribution in [-0.4, -0.2) is 24.3 Å². The van der Waals surface area contributed by atoms with Crippen LogP contribution in [0.1, 0.15) is 65.7 Å². The number of aliphatic hydroxyl groups excluding tert-OH is 1. The standard InChI is InChI=1S/C17H31NO/c1-15(2)13-6-9-16(15,3)14(10-13)18-11-17(12-19)7-4-5-8-17/h13-14,18-19H,4-12H2,1-3H3. The van der Waals surface area contributed by atoms with Crippen molar-refractivity contribution in [3.8, 4) is 0 Å². The monoisotopic (exact) mass is 265 g/mol. The van der Waals surface area contributed by atoms with E-state index in [2.05, 4.69) is 26.1 Å². The quantitative estimate of drug-likeness (QED) is 0.817. The Labute approximate surface area is 118 Å². The SMILES string of the molecule is CC1(C)C2CCC1(C)C(NCC1(CO)CCCC1)C2. The van der Waals surface area contributed by atoms with Crippen LogP contribution in [0.3, 0.4) is 0 Å². The van der Waals surface area contributed by atoms with Crippen molar-refractivity contribution in [1.29, 1.82) is 0 Å². The van der Waals surface area contributed by atoms with Crippen LogP contribution in [0.15, 0.2) is 0 Å². The fraction of sp³-hybridized carbons (Fsp3) is 1.00. The van der Waals surface area contributed by atoms with Crippen molar-refractivity contribution in [3.05, 3.63) is 0 Å². The summed E-state index contributed by atoms with van der Waals surface area (Å²) in [5.41, 5.74) is 1.15. The molecule has 2 N–H and O–H groups in total. The summed E-state index contributed by atoms with van der Waals surface area (Å²) < 4.78 is 0. The molecule has 0 aromatic carbocycles. The summed E-state index contributed by atoms with van der Waals surface area (Å²) in [5, 5.41) is 13.6. The average Bonchev–Trinajstić information content (AvgIpc) is 2.99. The lowest BCUT2D eigenvalue weighted by atomic mass is 9.69. The Kier molecular flexibility index (Phi) is 3.26. The number of hydrogen-bond acceptors (Lipinski definition) is 2. The van der Waals surface area contributed by atoms with Gasteiger partial charge in [0.25, 0.3) is 0 Å². The lowest BCUT2D eigenvalue weighted by Gasteiger charge is -2.41. The van der Waals surface area contributed by atoms with Crippen LogP contribution in [0.2, 0.25) is 0 Å². The lowest BCUT2D eigenvalue weighted by Crippen LogP contribution is -2.48. The van der Waals surface area contributed by atoms with E-state index in [0.29, 0.717) is 23.5 Å². The first-order chi connectivity index (χ1) is 8.94. The molecule has 3 saturated carbocycles. The molecule has 0 spiro atoms. The van der Waals surface area contributed by atoms with Gasteiger partial charge in [0.05, 0.1) is 0 Å². The van der Waals surface area contributed by atoms with Crippen molar-refractivity contribution in [2.45, 2.75) is 71.8 Å². The van der Waals surface area contributed by atoms with Crippen molar-refractivity contribution in [2.75, 3.05) is 13.2 Å². The van der Waals surface area contributed by atoms with Gasteiger partial charge in [0, 0.05) is 24.6 Å². The van der Waals surface area contributed by atoms with E-state index in [1.54, 1.807) is 0 Å². The number of nitrogens with one attached hydrogen (secondary N) is 1. The molecule has 0 saturated heterocycles. The topological polar surface area (TPSA) is 32.3 Å². The minimum atomic E-state index is 0.197. The fourth-order valence-electron chi connectivity index (χ4n) is 5.37. The zero-order chi connectivity index (χ0) is 13.7. The normalized spacial score (nSPS) is 42.9. The van der Waals surface area contributed by atoms with Crippen LogP contribution in [0, 0.1) is 22.2 Å². The zero-order valence-electron chi connectivity index (χ0n) is 13.0. The average molecular weight is 265 g/mol. The highest BCUT2D eigenvalue weighted by molar-refractivity contribution is 5.13. The molecule has 3 atom stereocenters. The van der Waals surface area contributed by atoms with Crippen LogP contribution in [0.5, 0.6) is 0 Å². The van der Waals surface area contributed by atoms with E-state index >= 15 is 0 Å². The number of aliphatic hydroxyl groups is 1. The molecule has 2 nitrogen and oxygen atoms in total. The molecule has 3 fully saturated rings. The smallest absolute Gasteiger partial charge is 0.0499 e. The first-order valence-corrected chi connectivity index (χ1v) is 8.28. The van der Waals surface area contributed by atoms with Gasteiger partial charge < -0.3 is 10.4 Å². The van der Waals surface area contributed by atoms with E-state index in [1.165, 1.54) is 44.9 Å². The molecule has 0 aliphatic heterocycles. The Balaban J connectivity index is 1.66. The largest absolute Gasteiger partial charge is 0.396 e. The maximum absolute atomic E-state index is 9.75. The minimum absolute atomic E-state index is 0.197. The second-order valence-electron chi connectivity index (χ2n) is 8.41. The van der Waals surface area contributed by atoms with Gasteiger partial charge in [0.1, 0.15) is 0 Å². The number of hydrogen-bond donors (Lipinski definition) is 2. The molecule has 0 heterocycles. The third-order valence-electron chi connectivity index (χ3n) is 7.52. The zero-order valence-corrected chi connectivity index (χ0v) is 13.0. The summed E-state index contributed by atoms with van der Waals surface area (Å²) in [6, 6.07) is 0.672. The van der Waals surface area contributed by atoms with Gasteiger partial charge in [-0.15, -0.1) is 0 Å². The summed E-state index contributed by atoms with van der Waals surface area (Å²) in [5.74, 6) is 0.906. The molecule has 0 radical (unpaired) electrons. The molecule has 0 aromatic heterocycles.